The SMILES string of the molecule is CCCc1cc(=O)oc2c(C)c(OCC(=O)NCCCC(=O)N3CC[C@]4(O)CCCC[C@@H]4C3)ccc12. The molecule has 2 atom stereocenters. The van der Waals surface area contributed by atoms with Crippen LogP contribution in [0.5, 0.6) is 5.75 Å². The highest BCUT2D eigenvalue weighted by Gasteiger charge is 2.43. The van der Waals surface area contributed by atoms with Crippen LogP contribution in [-0.2, 0) is 16.0 Å². The van der Waals surface area contributed by atoms with Crippen LogP contribution in [0, 0.1) is 12.8 Å². The van der Waals surface area contributed by atoms with E-state index in [-0.39, 0.29) is 24.3 Å². The highest BCUT2D eigenvalue weighted by Crippen LogP contribution is 2.39. The molecule has 0 radical (unpaired) electrons. The molecule has 2 heterocycles. The summed E-state index contributed by atoms with van der Waals surface area (Å²) >= 11 is 0. The van der Waals surface area contributed by atoms with Crippen LogP contribution in [-0.4, -0.2) is 53.7 Å². The number of nitrogens with zero attached hydrogens (tertiary/aromatic N) is 1. The average molecular weight is 499 g/mol. The Morgan fingerprint density at radius 3 is 2.92 bits per heavy atom. The van der Waals surface area contributed by atoms with Crippen molar-refractivity contribution in [1.82, 2.24) is 10.2 Å². The molecule has 196 valence electrons. The number of benzene rings is 1. The van der Waals surface area contributed by atoms with Crippen LogP contribution in [0.25, 0.3) is 11.0 Å². The maximum Gasteiger partial charge on any atom is 0.336 e. The predicted molar refractivity (Wildman–Crippen MR) is 137 cm³/mol. The number of carbonyl (C=O) groups excluding carboxylic acids is 2. The normalized spacial score (nSPS) is 21.8. The fourth-order valence-corrected chi connectivity index (χ4v) is 5.66. The Hall–Kier alpha value is -2.87. The Morgan fingerprint density at radius 2 is 2.11 bits per heavy atom. The Balaban J connectivity index is 1.22. The number of rotatable bonds is 9. The third-order valence-electron chi connectivity index (χ3n) is 7.74. The average Bonchev–Trinajstić information content (AvgIpc) is 2.86. The van der Waals surface area contributed by atoms with Crippen molar-refractivity contribution in [3.05, 3.63) is 39.7 Å². The van der Waals surface area contributed by atoms with Gasteiger partial charge in [-0.25, -0.2) is 4.79 Å². The molecule has 36 heavy (non-hydrogen) atoms. The second kappa shape index (κ2) is 11.5. The molecule has 1 saturated heterocycles. The van der Waals surface area contributed by atoms with E-state index in [1.165, 1.54) is 6.07 Å². The first-order valence-corrected chi connectivity index (χ1v) is 13.3. The van der Waals surface area contributed by atoms with Crippen LogP contribution in [0.1, 0.15) is 69.4 Å². The van der Waals surface area contributed by atoms with Gasteiger partial charge in [-0.15, -0.1) is 0 Å². The lowest BCUT2D eigenvalue weighted by Crippen LogP contribution is -2.54. The molecule has 2 fully saturated rings. The van der Waals surface area contributed by atoms with Crippen molar-refractivity contribution in [3.63, 3.8) is 0 Å². The van der Waals surface area contributed by atoms with Gasteiger partial charge in [-0.3, -0.25) is 9.59 Å². The van der Waals surface area contributed by atoms with Crippen molar-refractivity contribution in [2.75, 3.05) is 26.2 Å². The molecule has 8 nitrogen and oxygen atoms in total. The van der Waals surface area contributed by atoms with Gasteiger partial charge in [0.25, 0.3) is 5.91 Å². The number of carbonyl (C=O) groups is 2. The van der Waals surface area contributed by atoms with Gasteiger partial charge in [0.2, 0.25) is 5.91 Å². The van der Waals surface area contributed by atoms with Gasteiger partial charge in [0, 0.05) is 49.0 Å². The maximum atomic E-state index is 12.6. The smallest absolute Gasteiger partial charge is 0.336 e. The van der Waals surface area contributed by atoms with Crippen molar-refractivity contribution in [1.29, 1.82) is 0 Å². The largest absolute Gasteiger partial charge is 0.483 e. The summed E-state index contributed by atoms with van der Waals surface area (Å²) in [7, 11) is 0. The quantitative estimate of drug-likeness (QED) is 0.405. The Kier molecular flexibility index (Phi) is 8.34. The molecule has 1 aliphatic heterocycles. The molecule has 1 aromatic carbocycles. The number of fused-ring (bicyclic) bond motifs is 2. The van der Waals surface area contributed by atoms with E-state index in [0.717, 1.165) is 49.5 Å². The van der Waals surface area contributed by atoms with Crippen LogP contribution in [0.3, 0.4) is 0 Å². The molecule has 4 rings (SSSR count). The van der Waals surface area contributed by atoms with E-state index in [4.69, 9.17) is 9.15 Å². The molecule has 0 unspecified atom stereocenters. The molecule has 0 spiro atoms. The summed E-state index contributed by atoms with van der Waals surface area (Å²) in [5.41, 5.74) is 1.15. The molecule has 1 aliphatic carbocycles. The minimum atomic E-state index is -0.588. The summed E-state index contributed by atoms with van der Waals surface area (Å²) in [6.07, 6.45) is 7.31. The third-order valence-corrected chi connectivity index (χ3v) is 7.74. The lowest BCUT2D eigenvalue weighted by Gasteiger charge is -2.47. The van der Waals surface area contributed by atoms with Gasteiger partial charge in [-0.1, -0.05) is 26.2 Å². The highest BCUT2D eigenvalue weighted by molar-refractivity contribution is 5.85. The first-order valence-electron chi connectivity index (χ1n) is 13.3. The summed E-state index contributed by atoms with van der Waals surface area (Å²) in [6.45, 7) is 5.35. The summed E-state index contributed by atoms with van der Waals surface area (Å²) in [5.74, 6) is 0.500. The lowest BCUT2D eigenvalue weighted by molar-refractivity contribution is -0.143. The molecular weight excluding hydrogens is 460 g/mol. The number of ether oxygens (including phenoxy) is 1. The predicted octanol–water partition coefficient (Wildman–Crippen LogP) is 3.48. The van der Waals surface area contributed by atoms with Gasteiger partial charge in [-0.05, 0) is 56.7 Å². The summed E-state index contributed by atoms with van der Waals surface area (Å²) in [6, 6.07) is 5.20. The minimum Gasteiger partial charge on any atom is -0.483 e. The van der Waals surface area contributed by atoms with Crippen LogP contribution in [0.2, 0.25) is 0 Å². The lowest BCUT2D eigenvalue weighted by atomic mass is 9.71. The highest BCUT2D eigenvalue weighted by atomic mass is 16.5. The van der Waals surface area contributed by atoms with E-state index in [0.29, 0.717) is 55.8 Å². The number of amides is 2. The topological polar surface area (TPSA) is 109 Å². The standard InChI is InChI=1S/C28H38N2O6/c1-3-7-20-16-26(33)36-27-19(2)23(11-10-22(20)27)35-18-24(31)29-14-6-9-25(32)30-15-13-28(34)12-5-4-8-21(28)17-30/h10-11,16,21,34H,3-9,12-15,17-18H2,1-2H3,(H,29,31)/t21-,28-/m1/s1. The van der Waals surface area contributed by atoms with Crippen molar-refractivity contribution < 1.29 is 23.8 Å². The Labute approximate surface area is 212 Å². The first-order chi connectivity index (χ1) is 17.3. The molecule has 1 aromatic heterocycles. The number of piperidine rings is 1. The molecule has 0 bridgehead atoms. The number of hydrogen-bond donors (Lipinski definition) is 2. The fraction of sp³-hybridized carbons (Fsp3) is 0.607. The number of hydrogen-bond acceptors (Lipinski definition) is 6. The number of aryl methyl sites for hydroxylation is 2. The van der Waals surface area contributed by atoms with Crippen LogP contribution in [0.4, 0.5) is 0 Å². The van der Waals surface area contributed by atoms with Crippen LogP contribution < -0.4 is 15.7 Å². The Bertz CT molecular complexity index is 1160. The molecule has 8 heteroatoms. The zero-order valence-corrected chi connectivity index (χ0v) is 21.4. The number of nitrogens with one attached hydrogen (secondary N) is 1. The molecule has 2 aromatic rings. The minimum absolute atomic E-state index is 0.0869. The summed E-state index contributed by atoms with van der Waals surface area (Å²) in [5, 5.41) is 14.5. The van der Waals surface area contributed by atoms with Crippen molar-refractivity contribution in [3.8, 4) is 5.75 Å². The monoisotopic (exact) mass is 498 g/mol. The number of aliphatic hydroxyl groups is 1. The third kappa shape index (κ3) is 5.91. The fourth-order valence-electron chi connectivity index (χ4n) is 5.66. The van der Waals surface area contributed by atoms with E-state index in [1.54, 1.807) is 6.07 Å². The molecule has 2 amide bonds. The maximum absolute atomic E-state index is 12.6. The van der Waals surface area contributed by atoms with Crippen molar-refractivity contribution >= 4 is 22.8 Å². The van der Waals surface area contributed by atoms with Gasteiger partial charge in [0.15, 0.2) is 6.61 Å². The Morgan fingerprint density at radius 1 is 1.28 bits per heavy atom. The van der Waals surface area contributed by atoms with Gasteiger partial charge in [-0.2, -0.15) is 0 Å². The van der Waals surface area contributed by atoms with Gasteiger partial charge in [0.1, 0.15) is 11.3 Å². The second-order valence-corrected chi connectivity index (χ2v) is 10.3. The molecule has 1 saturated carbocycles. The van der Waals surface area contributed by atoms with Crippen LogP contribution in [0.15, 0.2) is 27.4 Å². The van der Waals surface area contributed by atoms with E-state index in [9.17, 15) is 19.5 Å². The van der Waals surface area contributed by atoms with Gasteiger partial charge < -0.3 is 24.5 Å². The zero-order valence-electron chi connectivity index (χ0n) is 21.4. The van der Waals surface area contributed by atoms with E-state index >= 15 is 0 Å². The summed E-state index contributed by atoms with van der Waals surface area (Å²) in [4.78, 5) is 38.8. The van der Waals surface area contributed by atoms with Crippen LogP contribution >= 0.6 is 0 Å². The molecule has 2 aliphatic rings. The molecular formula is C28H38N2O6. The zero-order chi connectivity index (χ0) is 25.7. The second-order valence-electron chi connectivity index (χ2n) is 10.3. The van der Waals surface area contributed by atoms with Crippen molar-refractivity contribution in [2.24, 2.45) is 5.92 Å². The first kappa shape index (κ1) is 26.2. The van der Waals surface area contributed by atoms with Gasteiger partial charge >= 0.3 is 5.63 Å². The van der Waals surface area contributed by atoms with E-state index in [1.807, 2.05) is 17.9 Å². The van der Waals surface area contributed by atoms with E-state index < -0.39 is 11.2 Å². The van der Waals surface area contributed by atoms with Gasteiger partial charge in [0.05, 0.1) is 5.60 Å². The summed E-state index contributed by atoms with van der Waals surface area (Å²) < 4.78 is 11.1. The van der Waals surface area contributed by atoms with Crippen molar-refractivity contribution in [2.45, 2.75) is 77.2 Å². The van der Waals surface area contributed by atoms with E-state index in [2.05, 4.69) is 12.2 Å². The number of likely N-dealkylation sites (tertiary alicyclic amines) is 1. The molecule has 2 N–H and O–H groups in total.